The van der Waals surface area contributed by atoms with Crippen LogP contribution in [-0.2, 0) is 0 Å². The van der Waals surface area contributed by atoms with Crippen molar-refractivity contribution in [2.45, 2.75) is 20.3 Å². The first-order valence-electron chi connectivity index (χ1n) is 5.42. The summed E-state index contributed by atoms with van der Waals surface area (Å²) >= 11 is 1.70. The van der Waals surface area contributed by atoms with Crippen molar-refractivity contribution in [3.8, 4) is 10.6 Å². The van der Waals surface area contributed by atoms with Crippen molar-refractivity contribution in [3.63, 3.8) is 0 Å². The lowest BCUT2D eigenvalue weighted by Gasteiger charge is -2.06. The van der Waals surface area contributed by atoms with E-state index < -0.39 is 0 Å². The molecule has 1 N–H and O–H groups in total. The van der Waals surface area contributed by atoms with E-state index >= 15 is 0 Å². The maximum atomic E-state index is 4.54. The third-order valence-corrected chi connectivity index (χ3v) is 3.14. The highest BCUT2D eigenvalue weighted by Crippen LogP contribution is 2.25. The minimum Gasteiger partial charge on any atom is -0.354 e. The molecule has 0 aromatic carbocycles. The first-order valence-corrected chi connectivity index (χ1v) is 6.30. The molecule has 0 aliphatic rings. The zero-order chi connectivity index (χ0) is 11.4. The minimum absolute atomic E-state index is 0.718. The second-order valence-electron chi connectivity index (χ2n) is 3.63. The Hall–Kier alpha value is -1.42. The average molecular weight is 233 g/mol. The van der Waals surface area contributed by atoms with Gasteiger partial charge in [0.1, 0.15) is 0 Å². The topological polar surface area (TPSA) is 37.8 Å². The fraction of sp³-hybridized carbons (Fsp3) is 0.333. The molecule has 0 unspecified atom stereocenters. The van der Waals surface area contributed by atoms with Crippen LogP contribution in [0.4, 0.5) is 5.95 Å². The molecule has 2 heterocycles. The number of nitrogens with zero attached hydrogens (tertiary/aromatic N) is 2. The minimum atomic E-state index is 0.718. The van der Waals surface area contributed by atoms with E-state index in [0.29, 0.717) is 0 Å². The summed E-state index contributed by atoms with van der Waals surface area (Å²) in [5.74, 6) is 0.718. The van der Waals surface area contributed by atoms with Gasteiger partial charge in [0, 0.05) is 12.7 Å². The summed E-state index contributed by atoms with van der Waals surface area (Å²) in [6.07, 6.45) is 2.95. The molecule has 0 saturated heterocycles. The Morgan fingerprint density at radius 3 is 3.00 bits per heavy atom. The standard InChI is InChI=1S/C12H15N3S/c1-3-6-13-12-14-8-9(2)11(15-12)10-5-4-7-16-10/h4-5,7-8H,3,6H2,1-2H3,(H,13,14,15). The van der Waals surface area contributed by atoms with Gasteiger partial charge in [-0.2, -0.15) is 0 Å². The Bertz CT molecular complexity index is 451. The summed E-state index contributed by atoms with van der Waals surface area (Å²) in [5, 5.41) is 5.27. The molecule has 16 heavy (non-hydrogen) atoms. The van der Waals surface area contributed by atoms with Crippen LogP contribution in [-0.4, -0.2) is 16.5 Å². The van der Waals surface area contributed by atoms with Gasteiger partial charge in [-0.1, -0.05) is 13.0 Å². The lowest BCUT2D eigenvalue weighted by molar-refractivity contribution is 0.951. The van der Waals surface area contributed by atoms with Crippen molar-refractivity contribution in [2.75, 3.05) is 11.9 Å². The molecule has 0 amide bonds. The highest BCUT2D eigenvalue weighted by Gasteiger charge is 2.06. The molecule has 2 aromatic heterocycles. The van der Waals surface area contributed by atoms with E-state index in [0.717, 1.165) is 30.2 Å². The fourth-order valence-corrected chi connectivity index (χ4v) is 2.21. The molecule has 0 aliphatic heterocycles. The van der Waals surface area contributed by atoms with Crippen molar-refractivity contribution in [1.82, 2.24) is 9.97 Å². The van der Waals surface area contributed by atoms with Gasteiger partial charge in [-0.05, 0) is 30.4 Å². The summed E-state index contributed by atoms with van der Waals surface area (Å²) in [6, 6.07) is 4.13. The summed E-state index contributed by atoms with van der Waals surface area (Å²) < 4.78 is 0. The van der Waals surface area contributed by atoms with Crippen LogP contribution in [0.3, 0.4) is 0 Å². The van der Waals surface area contributed by atoms with Crippen molar-refractivity contribution >= 4 is 17.3 Å². The molecule has 0 radical (unpaired) electrons. The highest BCUT2D eigenvalue weighted by molar-refractivity contribution is 7.13. The molecular weight excluding hydrogens is 218 g/mol. The molecule has 4 heteroatoms. The van der Waals surface area contributed by atoms with Gasteiger partial charge in [0.15, 0.2) is 0 Å². The van der Waals surface area contributed by atoms with E-state index in [9.17, 15) is 0 Å². The summed E-state index contributed by atoms with van der Waals surface area (Å²) in [5.41, 5.74) is 2.15. The van der Waals surface area contributed by atoms with Crippen LogP contribution >= 0.6 is 11.3 Å². The van der Waals surface area contributed by atoms with E-state index in [2.05, 4.69) is 33.7 Å². The lowest BCUT2D eigenvalue weighted by atomic mass is 10.2. The van der Waals surface area contributed by atoms with Gasteiger partial charge in [-0.15, -0.1) is 11.3 Å². The molecule has 3 nitrogen and oxygen atoms in total. The lowest BCUT2D eigenvalue weighted by Crippen LogP contribution is -2.05. The first-order chi connectivity index (χ1) is 7.81. The summed E-state index contributed by atoms with van der Waals surface area (Å²) in [7, 11) is 0. The average Bonchev–Trinajstić information content (AvgIpc) is 2.81. The van der Waals surface area contributed by atoms with Crippen LogP contribution in [0.15, 0.2) is 23.7 Å². The number of anilines is 1. The van der Waals surface area contributed by atoms with E-state index in [1.807, 2.05) is 19.2 Å². The molecule has 2 rings (SSSR count). The molecule has 0 spiro atoms. The largest absolute Gasteiger partial charge is 0.354 e. The van der Waals surface area contributed by atoms with Crippen molar-refractivity contribution in [3.05, 3.63) is 29.3 Å². The second-order valence-corrected chi connectivity index (χ2v) is 4.58. The number of thiophene rings is 1. The summed E-state index contributed by atoms with van der Waals surface area (Å²) in [4.78, 5) is 10.0. The van der Waals surface area contributed by atoms with Crippen LogP contribution < -0.4 is 5.32 Å². The van der Waals surface area contributed by atoms with Crippen LogP contribution in [0.2, 0.25) is 0 Å². The van der Waals surface area contributed by atoms with Crippen molar-refractivity contribution in [1.29, 1.82) is 0 Å². The molecule has 0 atom stereocenters. The van der Waals surface area contributed by atoms with Gasteiger partial charge < -0.3 is 5.32 Å². The third kappa shape index (κ3) is 2.39. The molecule has 0 bridgehead atoms. The third-order valence-electron chi connectivity index (χ3n) is 2.26. The van der Waals surface area contributed by atoms with Crippen LogP contribution in [0.25, 0.3) is 10.6 Å². The zero-order valence-electron chi connectivity index (χ0n) is 9.53. The number of hydrogen-bond donors (Lipinski definition) is 1. The normalized spacial score (nSPS) is 10.4. The van der Waals surface area contributed by atoms with Gasteiger partial charge >= 0.3 is 0 Å². The van der Waals surface area contributed by atoms with E-state index in [4.69, 9.17) is 0 Å². The predicted molar refractivity (Wildman–Crippen MR) is 68.9 cm³/mol. The predicted octanol–water partition coefficient (Wildman–Crippen LogP) is 3.34. The number of nitrogens with one attached hydrogen (secondary N) is 1. The Morgan fingerprint density at radius 2 is 2.31 bits per heavy atom. The Labute approximate surface area is 99.6 Å². The Kier molecular flexibility index (Phi) is 3.51. The van der Waals surface area contributed by atoms with E-state index in [-0.39, 0.29) is 0 Å². The monoisotopic (exact) mass is 233 g/mol. The number of aromatic nitrogens is 2. The SMILES string of the molecule is CCCNc1ncc(C)c(-c2cccs2)n1. The quantitative estimate of drug-likeness (QED) is 0.880. The number of hydrogen-bond acceptors (Lipinski definition) is 4. The van der Waals surface area contributed by atoms with Crippen molar-refractivity contribution < 1.29 is 0 Å². The van der Waals surface area contributed by atoms with Gasteiger partial charge in [0.25, 0.3) is 0 Å². The van der Waals surface area contributed by atoms with Gasteiger partial charge in [0.05, 0.1) is 10.6 Å². The molecule has 0 fully saturated rings. The maximum absolute atomic E-state index is 4.54. The van der Waals surface area contributed by atoms with Crippen molar-refractivity contribution in [2.24, 2.45) is 0 Å². The fourth-order valence-electron chi connectivity index (χ4n) is 1.43. The molecule has 84 valence electrons. The van der Waals surface area contributed by atoms with Gasteiger partial charge in [-0.3, -0.25) is 0 Å². The second kappa shape index (κ2) is 5.07. The van der Waals surface area contributed by atoms with E-state index in [1.165, 1.54) is 4.88 Å². The van der Waals surface area contributed by atoms with Crippen LogP contribution in [0, 0.1) is 6.92 Å². The molecule has 2 aromatic rings. The number of rotatable bonds is 4. The molecular formula is C12H15N3S. The summed E-state index contributed by atoms with van der Waals surface area (Å²) in [6.45, 7) is 5.08. The van der Waals surface area contributed by atoms with Gasteiger partial charge in [-0.25, -0.2) is 9.97 Å². The number of aryl methyl sites for hydroxylation is 1. The molecule has 0 saturated carbocycles. The maximum Gasteiger partial charge on any atom is 0.223 e. The molecule has 0 aliphatic carbocycles. The van der Waals surface area contributed by atoms with Crippen LogP contribution in [0.1, 0.15) is 18.9 Å². The Balaban J connectivity index is 2.30. The van der Waals surface area contributed by atoms with E-state index in [1.54, 1.807) is 11.3 Å². The smallest absolute Gasteiger partial charge is 0.223 e. The Morgan fingerprint density at radius 1 is 1.44 bits per heavy atom. The van der Waals surface area contributed by atoms with Crippen LogP contribution in [0.5, 0.6) is 0 Å². The van der Waals surface area contributed by atoms with Gasteiger partial charge in [0.2, 0.25) is 5.95 Å². The zero-order valence-corrected chi connectivity index (χ0v) is 10.3. The highest BCUT2D eigenvalue weighted by atomic mass is 32.1. The first kappa shape index (κ1) is 11.1.